The van der Waals surface area contributed by atoms with Crippen molar-refractivity contribution in [1.82, 2.24) is 9.36 Å². The van der Waals surface area contributed by atoms with Crippen LogP contribution in [0.5, 0.6) is 0 Å². The number of rotatable bonds is 4. The van der Waals surface area contributed by atoms with Gasteiger partial charge in [0.15, 0.2) is 0 Å². The van der Waals surface area contributed by atoms with E-state index in [9.17, 15) is 9.90 Å². The van der Waals surface area contributed by atoms with E-state index in [4.69, 9.17) is 11.6 Å². The van der Waals surface area contributed by atoms with Crippen LogP contribution in [0.25, 0.3) is 0 Å². The summed E-state index contributed by atoms with van der Waals surface area (Å²) in [5.74, 6) is -0.647. The Bertz CT molecular complexity index is 659. The van der Waals surface area contributed by atoms with Crippen molar-refractivity contribution in [3.05, 3.63) is 40.7 Å². The minimum Gasteiger partial charge on any atom is -0.550 e. The lowest BCUT2D eigenvalue weighted by Crippen LogP contribution is -2.43. The number of aliphatic carboxylic acids is 1. The molecule has 1 fully saturated rings. The molecule has 5 nitrogen and oxygen atoms in total. The number of carboxylic acids is 1. The van der Waals surface area contributed by atoms with Gasteiger partial charge >= 0.3 is 0 Å². The summed E-state index contributed by atoms with van der Waals surface area (Å²) in [6.07, 6.45) is 2.16. The summed E-state index contributed by atoms with van der Waals surface area (Å²) in [7, 11) is 0. The van der Waals surface area contributed by atoms with Gasteiger partial charge in [-0.3, -0.25) is 0 Å². The van der Waals surface area contributed by atoms with Gasteiger partial charge in [-0.15, -0.1) is 0 Å². The fourth-order valence-electron chi connectivity index (χ4n) is 2.57. The zero-order valence-corrected chi connectivity index (χ0v) is 13.4. The maximum absolute atomic E-state index is 11.0. The molecule has 1 saturated heterocycles. The van der Waals surface area contributed by atoms with Crippen LogP contribution in [-0.4, -0.2) is 28.4 Å². The van der Waals surface area contributed by atoms with Gasteiger partial charge in [-0.05, 0) is 30.5 Å². The summed E-state index contributed by atoms with van der Waals surface area (Å²) in [4.78, 5) is 17.5. The highest BCUT2D eigenvalue weighted by atomic mass is 35.5. The van der Waals surface area contributed by atoms with Gasteiger partial charge in [-0.2, -0.15) is 4.37 Å². The summed E-state index contributed by atoms with van der Waals surface area (Å²) >= 11 is 7.19. The summed E-state index contributed by atoms with van der Waals surface area (Å²) in [6, 6.07) is 7.60. The molecular weight excluding hydrogens is 322 g/mol. The van der Waals surface area contributed by atoms with E-state index in [1.54, 1.807) is 0 Å². The molecule has 0 bridgehead atoms. The van der Waals surface area contributed by atoms with Gasteiger partial charge in [0.25, 0.3) is 0 Å². The fraction of sp³-hybridized carbons (Fsp3) is 0.400. The first-order chi connectivity index (χ1) is 10.6. The molecule has 0 amide bonds. The second-order valence-corrected chi connectivity index (χ2v) is 6.57. The number of nitrogens with zero attached hydrogens (tertiary/aromatic N) is 3. The number of anilines is 1. The van der Waals surface area contributed by atoms with E-state index in [0.29, 0.717) is 24.4 Å². The van der Waals surface area contributed by atoms with Crippen LogP contribution in [0.2, 0.25) is 5.02 Å². The van der Waals surface area contributed by atoms with Crippen LogP contribution in [0.1, 0.15) is 24.2 Å². The van der Waals surface area contributed by atoms with Gasteiger partial charge in [-0.25, -0.2) is 4.98 Å². The molecule has 2 aromatic rings. The highest BCUT2D eigenvalue weighted by molar-refractivity contribution is 7.09. The standard InChI is InChI=1S/C15H16ClN3O2S/c16-12-5-3-10(4-6-12)8-13-17-15(22-18-13)19-7-1-2-11(9-19)14(20)21/h3-6,11H,1-2,7-9H2,(H,20,21)/p-1/t11-/m0/s1. The van der Waals surface area contributed by atoms with Crippen LogP contribution in [0.4, 0.5) is 5.13 Å². The van der Waals surface area contributed by atoms with Crippen molar-refractivity contribution < 1.29 is 9.90 Å². The third-order valence-corrected chi connectivity index (χ3v) is 4.82. The lowest BCUT2D eigenvalue weighted by molar-refractivity contribution is -0.311. The predicted octanol–water partition coefficient (Wildman–Crippen LogP) is 1.75. The van der Waals surface area contributed by atoms with Crippen molar-refractivity contribution in [1.29, 1.82) is 0 Å². The van der Waals surface area contributed by atoms with E-state index in [1.165, 1.54) is 11.5 Å². The monoisotopic (exact) mass is 336 g/mol. The van der Waals surface area contributed by atoms with Crippen LogP contribution in [-0.2, 0) is 11.2 Å². The molecule has 0 spiro atoms. The second-order valence-electron chi connectivity index (χ2n) is 5.40. The van der Waals surface area contributed by atoms with Gasteiger partial charge in [0, 0.05) is 48.0 Å². The molecule has 0 saturated carbocycles. The van der Waals surface area contributed by atoms with E-state index in [2.05, 4.69) is 9.36 Å². The highest BCUT2D eigenvalue weighted by Crippen LogP contribution is 2.25. The van der Waals surface area contributed by atoms with Crippen molar-refractivity contribution in [2.24, 2.45) is 5.92 Å². The minimum absolute atomic E-state index is 0.419. The summed E-state index contributed by atoms with van der Waals surface area (Å²) < 4.78 is 4.37. The highest BCUT2D eigenvalue weighted by Gasteiger charge is 2.23. The molecule has 1 aliphatic rings. The van der Waals surface area contributed by atoms with Crippen molar-refractivity contribution in [3.8, 4) is 0 Å². The van der Waals surface area contributed by atoms with E-state index in [-0.39, 0.29) is 0 Å². The number of halogens is 1. The molecule has 0 radical (unpaired) electrons. The fourth-order valence-corrected chi connectivity index (χ4v) is 3.42. The van der Waals surface area contributed by atoms with Crippen LogP contribution < -0.4 is 10.0 Å². The number of hydrogen-bond acceptors (Lipinski definition) is 6. The van der Waals surface area contributed by atoms with Crippen LogP contribution >= 0.6 is 23.1 Å². The Balaban J connectivity index is 1.68. The smallest absolute Gasteiger partial charge is 0.205 e. The first-order valence-electron chi connectivity index (χ1n) is 7.14. The first-order valence-corrected chi connectivity index (χ1v) is 8.30. The van der Waals surface area contributed by atoms with E-state index < -0.39 is 11.9 Å². The molecule has 0 unspecified atom stereocenters. The van der Waals surface area contributed by atoms with Crippen LogP contribution in [0, 0.1) is 5.92 Å². The normalized spacial score (nSPS) is 18.4. The zero-order valence-electron chi connectivity index (χ0n) is 11.9. The zero-order chi connectivity index (χ0) is 15.5. The minimum atomic E-state index is -0.976. The average molecular weight is 337 g/mol. The molecule has 0 N–H and O–H groups in total. The molecule has 3 rings (SSSR count). The molecule has 22 heavy (non-hydrogen) atoms. The van der Waals surface area contributed by atoms with Gasteiger partial charge in [0.2, 0.25) is 5.13 Å². The number of carbonyl (C=O) groups excluding carboxylic acids is 1. The van der Waals surface area contributed by atoms with E-state index >= 15 is 0 Å². The number of aromatic nitrogens is 2. The van der Waals surface area contributed by atoms with Crippen molar-refractivity contribution in [2.45, 2.75) is 19.3 Å². The molecule has 1 atom stereocenters. The summed E-state index contributed by atoms with van der Waals surface area (Å²) in [5.41, 5.74) is 1.10. The number of hydrogen-bond donors (Lipinski definition) is 0. The van der Waals surface area contributed by atoms with Gasteiger partial charge < -0.3 is 14.8 Å². The predicted molar refractivity (Wildman–Crippen MR) is 84.1 cm³/mol. The van der Waals surface area contributed by atoms with Crippen LogP contribution in [0.15, 0.2) is 24.3 Å². The molecular formula is C15H15ClN3O2S-. The Morgan fingerprint density at radius 1 is 1.41 bits per heavy atom. The molecule has 1 aliphatic heterocycles. The first kappa shape index (κ1) is 15.2. The van der Waals surface area contributed by atoms with Gasteiger partial charge in [-0.1, -0.05) is 23.7 Å². The molecule has 116 valence electrons. The number of benzene rings is 1. The van der Waals surface area contributed by atoms with Gasteiger partial charge in [0.1, 0.15) is 5.82 Å². The maximum atomic E-state index is 11.0. The molecule has 0 aliphatic carbocycles. The molecule has 7 heteroatoms. The SMILES string of the molecule is O=C([O-])[C@H]1CCCN(c2nc(Cc3ccc(Cl)cc3)ns2)C1. The van der Waals surface area contributed by atoms with Gasteiger partial charge in [0.05, 0.1) is 0 Å². The number of piperidine rings is 1. The third kappa shape index (κ3) is 3.56. The van der Waals surface area contributed by atoms with Crippen molar-refractivity contribution in [2.75, 3.05) is 18.0 Å². The molecule has 1 aromatic heterocycles. The van der Waals surface area contributed by atoms with Crippen molar-refractivity contribution >= 4 is 34.2 Å². The Morgan fingerprint density at radius 2 is 2.18 bits per heavy atom. The lowest BCUT2D eigenvalue weighted by atomic mass is 9.99. The number of carbonyl (C=O) groups is 1. The Labute approximate surface area is 137 Å². The third-order valence-electron chi connectivity index (χ3n) is 3.76. The van der Waals surface area contributed by atoms with Crippen LogP contribution in [0.3, 0.4) is 0 Å². The Hall–Kier alpha value is -1.66. The summed E-state index contributed by atoms with van der Waals surface area (Å²) in [5, 5.41) is 12.5. The Morgan fingerprint density at radius 3 is 2.91 bits per heavy atom. The largest absolute Gasteiger partial charge is 0.550 e. The molecule has 1 aromatic carbocycles. The average Bonchev–Trinajstić information content (AvgIpc) is 2.98. The maximum Gasteiger partial charge on any atom is 0.205 e. The second kappa shape index (κ2) is 6.62. The van der Waals surface area contributed by atoms with E-state index in [0.717, 1.165) is 29.5 Å². The van der Waals surface area contributed by atoms with Crippen molar-refractivity contribution in [3.63, 3.8) is 0 Å². The topological polar surface area (TPSA) is 69.2 Å². The Kier molecular flexibility index (Phi) is 4.59. The quantitative estimate of drug-likeness (QED) is 0.850. The summed E-state index contributed by atoms with van der Waals surface area (Å²) in [6.45, 7) is 1.28. The lowest BCUT2D eigenvalue weighted by Gasteiger charge is -2.32. The molecule has 2 heterocycles. The number of carboxylic acid groups (broad SMARTS) is 1. The van der Waals surface area contributed by atoms with E-state index in [1.807, 2.05) is 29.2 Å².